The van der Waals surface area contributed by atoms with Gasteiger partial charge in [-0.15, -0.1) is 0 Å². The summed E-state index contributed by atoms with van der Waals surface area (Å²) in [5, 5.41) is 0. The molecule has 0 saturated heterocycles. The molecule has 35 heavy (non-hydrogen) atoms. The second-order valence-corrected chi connectivity index (χ2v) is 9.25. The molecule has 0 fully saturated rings. The molecule has 2 aromatic heterocycles. The maximum absolute atomic E-state index is 4.13. The van der Waals surface area contributed by atoms with Gasteiger partial charge in [0.1, 0.15) is 11.4 Å². The standard InChI is InChI=1S/C27H29B2N6/c1-32(2)28-29(33(3)4)35(27-11-7-23(8-12-27)25-15-19-31-20-16-25)21-34(28)26-9-5-22(6-10-26)24-13-17-30-18-14-24/h5-21H,1-4H3/q+1. The van der Waals surface area contributed by atoms with Crippen molar-refractivity contribution in [3.8, 4) is 22.3 Å². The summed E-state index contributed by atoms with van der Waals surface area (Å²) in [7, 11) is 8.57. The lowest BCUT2D eigenvalue weighted by atomic mass is 9.32. The van der Waals surface area contributed by atoms with Crippen molar-refractivity contribution in [2.75, 3.05) is 33.0 Å². The molecule has 1 aliphatic rings. The lowest BCUT2D eigenvalue weighted by Crippen LogP contribution is -2.62. The van der Waals surface area contributed by atoms with Crippen LogP contribution in [0.15, 0.2) is 97.6 Å². The van der Waals surface area contributed by atoms with E-state index in [9.17, 15) is 0 Å². The predicted molar refractivity (Wildman–Crippen MR) is 147 cm³/mol. The molecule has 0 atom stereocenters. The van der Waals surface area contributed by atoms with Crippen LogP contribution >= 0.6 is 0 Å². The fourth-order valence-corrected chi connectivity index (χ4v) is 4.77. The first-order valence-electron chi connectivity index (χ1n) is 11.8. The molecule has 0 bridgehead atoms. The summed E-state index contributed by atoms with van der Waals surface area (Å²) in [4.78, 5) is 15.2. The highest BCUT2D eigenvalue weighted by Crippen LogP contribution is 2.29. The number of hydrogen-bond acceptors (Lipinski definition) is 5. The first kappa shape index (κ1) is 23.0. The Labute approximate surface area is 208 Å². The number of anilines is 1. The molecule has 1 aliphatic heterocycles. The molecular formula is C27H29B2N6+. The van der Waals surface area contributed by atoms with Crippen LogP contribution in [-0.2, 0) is 0 Å². The first-order chi connectivity index (χ1) is 17.0. The van der Waals surface area contributed by atoms with Gasteiger partial charge in [-0.25, -0.2) is 0 Å². The van der Waals surface area contributed by atoms with E-state index in [4.69, 9.17) is 0 Å². The zero-order chi connectivity index (χ0) is 24.4. The molecular weight excluding hydrogens is 430 g/mol. The lowest BCUT2D eigenvalue weighted by molar-refractivity contribution is -0.283. The molecule has 0 amide bonds. The van der Waals surface area contributed by atoms with Gasteiger partial charge in [-0.05, 0) is 99.0 Å². The van der Waals surface area contributed by atoms with Crippen molar-refractivity contribution in [1.29, 1.82) is 0 Å². The van der Waals surface area contributed by atoms with Gasteiger partial charge in [0.25, 0.3) is 0 Å². The number of benzene rings is 2. The minimum Gasteiger partial charge on any atom is -0.308 e. The van der Waals surface area contributed by atoms with Crippen LogP contribution in [0.1, 0.15) is 0 Å². The minimum atomic E-state index is 0.136. The Bertz CT molecular complexity index is 1290. The summed E-state index contributed by atoms with van der Waals surface area (Å²) in [6, 6.07) is 25.7. The van der Waals surface area contributed by atoms with Gasteiger partial charge in [0, 0.05) is 24.8 Å². The van der Waals surface area contributed by atoms with Crippen LogP contribution in [0.4, 0.5) is 11.4 Å². The fraction of sp³-hybridized carbons (Fsp3) is 0.148. The SMILES string of the molecule is CN(C)B1B(N(C)C)[N+](c2ccc(-c3ccncc3)cc2)=CN1c1ccc(-c2ccncc2)cc1. The van der Waals surface area contributed by atoms with Crippen LogP contribution in [0, 0.1) is 0 Å². The largest absolute Gasteiger partial charge is 0.506 e. The van der Waals surface area contributed by atoms with Gasteiger partial charge in [0.2, 0.25) is 6.34 Å². The van der Waals surface area contributed by atoms with Crippen LogP contribution in [0.25, 0.3) is 22.3 Å². The van der Waals surface area contributed by atoms with E-state index in [-0.39, 0.29) is 13.7 Å². The maximum atomic E-state index is 4.13. The Morgan fingerprint density at radius 1 is 0.600 bits per heavy atom. The summed E-state index contributed by atoms with van der Waals surface area (Å²) < 4.78 is 2.36. The monoisotopic (exact) mass is 459 g/mol. The zero-order valence-corrected chi connectivity index (χ0v) is 20.7. The van der Waals surface area contributed by atoms with Crippen molar-refractivity contribution < 1.29 is 4.49 Å². The van der Waals surface area contributed by atoms with Gasteiger partial charge in [0.05, 0.1) is 0 Å². The van der Waals surface area contributed by atoms with E-state index in [0.29, 0.717) is 0 Å². The average molecular weight is 459 g/mol. The third-order valence-corrected chi connectivity index (χ3v) is 6.50. The smallest absolute Gasteiger partial charge is 0.308 e. The molecule has 0 radical (unpaired) electrons. The summed E-state index contributed by atoms with van der Waals surface area (Å²) >= 11 is 0. The highest BCUT2D eigenvalue weighted by molar-refractivity contribution is 7.20. The molecule has 0 aliphatic carbocycles. The van der Waals surface area contributed by atoms with Gasteiger partial charge >= 0.3 is 13.7 Å². The van der Waals surface area contributed by atoms with E-state index in [1.807, 2.05) is 49.1 Å². The van der Waals surface area contributed by atoms with Crippen LogP contribution < -0.4 is 4.81 Å². The van der Waals surface area contributed by atoms with Crippen molar-refractivity contribution in [2.24, 2.45) is 0 Å². The van der Waals surface area contributed by atoms with E-state index in [0.717, 1.165) is 11.4 Å². The molecule has 0 spiro atoms. The van der Waals surface area contributed by atoms with Gasteiger partial charge in [-0.2, -0.15) is 0 Å². The van der Waals surface area contributed by atoms with E-state index in [1.165, 1.54) is 22.3 Å². The highest BCUT2D eigenvalue weighted by atomic mass is 15.3. The van der Waals surface area contributed by atoms with Gasteiger partial charge in [-0.1, -0.05) is 24.3 Å². The van der Waals surface area contributed by atoms with E-state index in [1.54, 1.807) is 0 Å². The number of pyridine rings is 2. The Morgan fingerprint density at radius 3 is 1.51 bits per heavy atom. The van der Waals surface area contributed by atoms with Crippen molar-refractivity contribution in [3.05, 3.63) is 97.6 Å². The summed E-state index contributed by atoms with van der Waals surface area (Å²) in [5.41, 5.74) is 7.02. The van der Waals surface area contributed by atoms with Gasteiger partial charge in [0.15, 0.2) is 0 Å². The van der Waals surface area contributed by atoms with Gasteiger partial charge < -0.3 is 9.62 Å². The molecule has 3 heterocycles. The van der Waals surface area contributed by atoms with Crippen molar-refractivity contribution in [2.45, 2.75) is 0 Å². The highest BCUT2D eigenvalue weighted by Gasteiger charge is 2.58. The third-order valence-electron chi connectivity index (χ3n) is 6.50. The van der Waals surface area contributed by atoms with E-state index < -0.39 is 0 Å². The summed E-state index contributed by atoms with van der Waals surface area (Å²) in [6.07, 6.45) is 9.56. The number of aromatic nitrogens is 2. The van der Waals surface area contributed by atoms with Crippen LogP contribution in [-0.4, -0.2) is 72.4 Å². The van der Waals surface area contributed by atoms with Crippen molar-refractivity contribution >= 4 is 31.5 Å². The van der Waals surface area contributed by atoms with Gasteiger partial charge in [-0.3, -0.25) is 19.3 Å². The normalized spacial score (nSPS) is 13.7. The van der Waals surface area contributed by atoms with Crippen molar-refractivity contribution in [3.63, 3.8) is 0 Å². The molecule has 0 saturated carbocycles. The molecule has 2 aromatic carbocycles. The van der Waals surface area contributed by atoms with Crippen LogP contribution in [0.2, 0.25) is 0 Å². The fourth-order valence-electron chi connectivity index (χ4n) is 4.77. The molecule has 0 unspecified atom stereocenters. The topological polar surface area (TPSA) is 38.5 Å². The Hall–Kier alpha value is -3.74. The quantitative estimate of drug-likeness (QED) is 0.405. The van der Waals surface area contributed by atoms with Crippen LogP contribution in [0.3, 0.4) is 0 Å². The molecule has 6 nitrogen and oxygen atoms in total. The Morgan fingerprint density at radius 2 is 1.06 bits per heavy atom. The minimum absolute atomic E-state index is 0.136. The predicted octanol–water partition coefficient (Wildman–Crippen LogP) is 4.18. The second kappa shape index (κ2) is 9.86. The Kier molecular flexibility index (Phi) is 6.49. The molecule has 5 rings (SSSR count). The second-order valence-electron chi connectivity index (χ2n) is 9.25. The number of nitrogens with zero attached hydrogens (tertiary/aromatic N) is 6. The van der Waals surface area contributed by atoms with Crippen LogP contribution in [0.5, 0.6) is 0 Å². The maximum Gasteiger partial charge on any atom is 0.506 e. The zero-order valence-electron chi connectivity index (χ0n) is 20.7. The summed E-state index contributed by atoms with van der Waals surface area (Å²) in [5.74, 6) is 0. The molecule has 0 N–H and O–H groups in total. The molecule has 4 aromatic rings. The summed E-state index contributed by atoms with van der Waals surface area (Å²) in [6.45, 7) is 0.272. The van der Waals surface area contributed by atoms with E-state index in [2.05, 4.69) is 112 Å². The molecule has 172 valence electrons. The Balaban J connectivity index is 1.50. The average Bonchev–Trinajstić information content (AvgIpc) is 3.31. The number of hydrogen-bond donors (Lipinski definition) is 0. The third kappa shape index (κ3) is 4.63. The first-order valence-corrected chi connectivity index (χ1v) is 11.8. The van der Waals surface area contributed by atoms with E-state index >= 15 is 0 Å². The van der Waals surface area contributed by atoms with Crippen molar-refractivity contribution in [1.82, 2.24) is 19.6 Å². The lowest BCUT2D eigenvalue weighted by Gasteiger charge is -2.24. The molecule has 8 heteroatoms. The number of rotatable bonds is 6.